The average molecular weight is 348 g/mol. The predicted octanol–water partition coefficient (Wildman–Crippen LogP) is 4.41. The quantitative estimate of drug-likeness (QED) is 0.814. The van der Waals surface area contributed by atoms with Gasteiger partial charge in [0.1, 0.15) is 0 Å². The van der Waals surface area contributed by atoms with E-state index in [4.69, 9.17) is 0 Å². The number of hydrogen-bond donors (Lipinski definition) is 1. The molecule has 0 amide bonds. The number of methoxy groups -OCH3 is 1. The summed E-state index contributed by atoms with van der Waals surface area (Å²) < 4.78 is 5.78. The van der Waals surface area contributed by atoms with Crippen LogP contribution < -0.4 is 5.32 Å². The lowest BCUT2D eigenvalue weighted by atomic mass is 10.1. The molecule has 2 aromatic rings. The van der Waals surface area contributed by atoms with Crippen molar-refractivity contribution in [1.29, 1.82) is 0 Å². The Hall–Kier alpha value is -1.81. The highest BCUT2D eigenvalue weighted by molar-refractivity contribution is 9.10. The fourth-order valence-electron chi connectivity index (χ4n) is 2.10. The van der Waals surface area contributed by atoms with E-state index in [1.165, 1.54) is 12.7 Å². The van der Waals surface area contributed by atoms with Gasteiger partial charge < -0.3 is 10.1 Å². The zero-order valence-electron chi connectivity index (χ0n) is 12.2. The molecule has 110 valence electrons. The predicted molar refractivity (Wildman–Crippen MR) is 88.6 cm³/mol. The van der Waals surface area contributed by atoms with Crippen LogP contribution in [0, 0.1) is 0 Å². The van der Waals surface area contributed by atoms with E-state index in [1.807, 2.05) is 18.2 Å². The van der Waals surface area contributed by atoms with Crippen molar-refractivity contribution in [3.05, 3.63) is 63.6 Å². The van der Waals surface area contributed by atoms with Crippen LogP contribution in [0.5, 0.6) is 0 Å². The van der Waals surface area contributed by atoms with E-state index in [0.29, 0.717) is 5.56 Å². The number of carbonyl (C=O) groups excluding carboxylic acids is 1. The number of rotatable bonds is 5. The minimum Gasteiger partial charge on any atom is -0.465 e. The summed E-state index contributed by atoms with van der Waals surface area (Å²) in [5, 5.41) is 3.43. The highest BCUT2D eigenvalue weighted by Crippen LogP contribution is 2.22. The molecule has 21 heavy (non-hydrogen) atoms. The third-order valence-corrected chi connectivity index (χ3v) is 3.80. The summed E-state index contributed by atoms with van der Waals surface area (Å²) in [5.41, 5.74) is 4.10. The molecule has 2 aromatic carbocycles. The molecular weight excluding hydrogens is 330 g/mol. The Morgan fingerprint density at radius 1 is 1.19 bits per heavy atom. The van der Waals surface area contributed by atoms with E-state index in [1.54, 1.807) is 12.1 Å². The maximum Gasteiger partial charge on any atom is 0.337 e. The molecule has 0 aliphatic heterocycles. The van der Waals surface area contributed by atoms with E-state index >= 15 is 0 Å². The topological polar surface area (TPSA) is 38.3 Å². The summed E-state index contributed by atoms with van der Waals surface area (Å²) in [5.74, 6) is -0.310. The van der Waals surface area contributed by atoms with Crippen molar-refractivity contribution in [3.8, 4) is 0 Å². The van der Waals surface area contributed by atoms with E-state index in [9.17, 15) is 4.79 Å². The number of esters is 1. The van der Waals surface area contributed by atoms with Crippen LogP contribution in [0.1, 0.15) is 28.4 Å². The van der Waals surface area contributed by atoms with Gasteiger partial charge in [0.05, 0.1) is 12.7 Å². The van der Waals surface area contributed by atoms with Crippen molar-refractivity contribution in [1.82, 2.24) is 0 Å². The molecule has 0 atom stereocenters. The molecule has 0 spiro atoms. The van der Waals surface area contributed by atoms with Gasteiger partial charge in [-0.1, -0.05) is 35.0 Å². The summed E-state index contributed by atoms with van der Waals surface area (Å²) in [6, 6.07) is 13.7. The molecule has 0 fully saturated rings. The number of benzene rings is 2. The van der Waals surface area contributed by atoms with Gasteiger partial charge in [-0.2, -0.15) is 0 Å². The summed E-state index contributed by atoms with van der Waals surface area (Å²) in [4.78, 5) is 11.4. The Morgan fingerprint density at radius 3 is 2.52 bits per heavy atom. The van der Waals surface area contributed by atoms with Crippen LogP contribution in [0.2, 0.25) is 0 Å². The van der Waals surface area contributed by atoms with Gasteiger partial charge in [0.2, 0.25) is 0 Å². The van der Waals surface area contributed by atoms with Crippen molar-refractivity contribution in [2.45, 2.75) is 19.9 Å². The lowest BCUT2D eigenvalue weighted by Crippen LogP contribution is -2.04. The Labute approximate surface area is 133 Å². The van der Waals surface area contributed by atoms with E-state index < -0.39 is 0 Å². The lowest BCUT2D eigenvalue weighted by molar-refractivity contribution is 0.0600. The minimum absolute atomic E-state index is 0.310. The summed E-state index contributed by atoms with van der Waals surface area (Å²) in [6.45, 7) is 2.86. The summed E-state index contributed by atoms with van der Waals surface area (Å²) in [7, 11) is 1.39. The standard InChI is InChI=1S/C17H18BrNO2/c1-3-13-10-15(18)8-9-16(13)19-11-12-4-6-14(7-5-12)17(20)21-2/h4-10,19H,3,11H2,1-2H3. The van der Waals surface area contributed by atoms with Crippen LogP contribution in [0.3, 0.4) is 0 Å². The molecule has 0 radical (unpaired) electrons. The molecule has 0 heterocycles. The number of carbonyl (C=O) groups is 1. The monoisotopic (exact) mass is 347 g/mol. The van der Waals surface area contributed by atoms with Gasteiger partial charge in [0.15, 0.2) is 0 Å². The normalized spacial score (nSPS) is 10.2. The Kier molecular flexibility index (Phi) is 5.39. The third-order valence-electron chi connectivity index (χ3n) is 3.31. The van der Waals surface area contributed by atoms with Crippen molar-refractivity contribution in [2.75, 3.05) is 12.4 Å². The molecule has 0 aliphatic carbocycles. The van der Waals surface area contributed by atoms with Crippen LogP contribution >= 0.6 is 15.9 Å². The molecule has 0 saturated heterocycles. The maximum atomic E-state index is 11.4. The van der Waals surface area contributed by atoms with Crippen LogP contribution in [0.25, 0.3) is 0 Å². The second-order valence-electron chi connectivity index (χ2n) is 4.70. The molecule has 0 unspecified atom stereocenters. The lowest BCUT2D eigenvalue weighted by Gasteiger charge is -2.12. The molecule has 4 heteroatoms. The van der Waals surface area contributed by atoms with Crippen LogP contribution in [-0.4, -0.2) is 13.1 Å². The fraction of sp³-hybridized carbons (Fsp3) is 0.235. The van der Waals surface area contributed by atoms with Gasteiger partial charge in [0, 0.05) is 16.7 Å². The first-order chi connectivity index (χ1) is 10.1. The van der Waals surface area contributed by atoms with Crippen molar-refractivity contribution in [2.24, 2.45) is 0 Å². The average Bonchev–Trinajstić information content (AvgIpc) is 2.53. The maximum absolute atomic E-state index is 11.4. The highest BCUT2D eigenvalue weighted by atomic mass is 79.9. The first-order valence-corrected chi connectivity index (χ1v) is 7.63. The molecule has 2 rings (SSSR count). The van der Waals surface area contributed by atoms with Crippen LogP contribution in [0.4, 0.5) is 5.69 Å². The molecule has 0 bridgehead atoms. The number of halogens is 1. The molecule has 3 nitrogen and oxygen atoms in total. The van der Waals surface area contributed by atoms with Gasteiger partial charge >= 0.3 is 5.97 Å². The van der Waals surface area contributed by atoms with Crippen LogP contribution in [-0.2, 0) is 17.7 Å². The van der Waals surface area contributed by atoms with E-state index in [-0.39, 0.29) is 5.97 Å². The Morgan fingerprint density at radius 2 is 1.90 bits per heavy atom. The molecule has 0 aliphatic rings. The van der Waals surface area contributed by atoms with E-state index in [2.05, 4.69) is 45.0 Å². The van der Waals surface area contributed by atoms with Gasteiger partial charge in [-0.05, 0) is 47.9 Å². The molecule has 1 N–H and O–H groups in total. The van der Waals surface area contributed by atoms with Crippen molar-refractivity contribution >= 4 is 27.6 Å². The smallest absolute Gasteiger partial charge is 0.337 e. The SMILES string of the molecule is CCc1cc(Br)ccc1NCc1ccc(C(=O)OC)cc1. The van der Waals surface area contributed by atoms with Gasteiger partial charge in [-0.25, -0.2) is 4.79 Å². The highest BCUT2D eigenvalue weighted by Gasteiger charge is 2.05. The van der Waals surface area contributed by atoms with Crippen molar-refractivity contribution in [3.63, 3.8) is 0 Å². The molecular formula is C17H18BrNO2. The first-order valence-electron chi connectivity index (χ1n) is 6.83. The Balaban J connectivity index is 2.05. The van der Waals surface area contributed by atoms with Crippen molar-refractivity contribution < 1.29 is 9.53 Å². The zero-order valence-corrected chi connectivity index (χ0v) is 13.7. The van der Waals surface area contributed by atoms with Gasteiger partial charge in [-0.3, -0.25) is 0 Å². The Bertz CT molecular complexity index is 623. The summed E-state index contributed by atoms with van der Waals surface area (Å²) >= 11 is 3.49. The van der Waals surface area contributed by atoms with Gasteiger partial charge in [-0.15, -0.1) is 0 Å². The zero-order chi connectivity index (χ0) is 15.2. The second kappa shape index (κ2) is 7.27. The largest absolute Gasteiger partial charge is 0.465 e. The number of anilines is 1. The van der Waals surface area contributed by atoms with E-state index in [0.717, 1.165) is 28.7 Å². The van der Waals surface area contributed by atoms with Gasteiger partial charge in [0.25, 0.3) is 0 Å². The number of aryl methyl sites for hydroxylation is 1. The number of ether oxygens (including phenoxy) is 1. The fourth-order valence-corrected chi connectivity index (χ4v) is 2.51. The third kappa shape index (κ3) is 4.08. The minimum atomic E-state index is -0.310. The number of hydrogen-bond acceptors (Lipinski definition) is 3. The summed E-state index contributed by atoms with van der Waals surface area (Å²) in [6.07, 6.45) is 0.975. The first kappa shape index (κ1) is 15.6. The molecule has 0 saturated carbocycles. The number of nitrogens with one attached hydrogen (secondary N) is 1. The second-order valence-corrected chi connectivity index (χ2v) is 5.61. The van der Waals surface area contributed by atoms with Crippen LogP contribution in [0.15, 0.2) is 46.9 Å². The molecule has 0 aromatic heterocycles.